The van der Waals surface area contributed by atoms with Crippen molar-refractivity contribution < 1.29 is 4.74 Å². The van der Waals surface area contributed by atoms with Crippen LogP contribution < -0.4 is 4.74 Å². The van der Waals surface area contributed by atoms with E-state index in [4.69, 9.17) is 16.3 Å². The molecule has 1 aromatic heterocycles. The van der Waals surface area contributed by atoms with Gasteiger partial charge in [0.1, 0.15) is 24.3 Å². The van der Waals surface area contributed by atoms with Gasteiger partial charge in [-0.3, -0.25) is 0 Å². The van der Waals surface area contributed by atoms with Crippen LogP contribution in [-0.4, -0.2) is 9.97 Å². The highest BCUT2D eigenvalue weighted by molar-refractivity contribution is 9.10. The predicted molar refractivity (Wildman–Crippen MR) is 120 cm³/mol. The summed E-state index contributed by atoms with van der Waals surface area (Å²) in [6.07, 6.45) is 1.79. The molecule has 0 fully saturated rings. The molecule has 0 amide bonds. The molecule has 0 saturated carbocycles. The Balaban J connectivity index is 1.56. The van der Waals surface area contributed by atoms with Crippen molar-refractivity contribution in [3.05, 3.63) is 93.2 Å². The number of nitrogens with zero attached hydrogens (tertiary/aromatic N) is 2. The lowest BCUT2D eigenvalue weighted by Gasteiger charge is -2.10. The number of rotatable bonds is 5. The maximum absolute atomic E-state index is 9.60. The molecule has 3 aromatic carbocycles. The lowest BCUT2D eigenvalue weighted by molar-refractivity contribution is 0.304. The highest BCUT2D eigenvalue weighted by Crippen LogP contribution is 2.29. The van der Waals surface area contributed by atoms with E-state index in [1.54, 1.807) is 6.08 Å². The highest BCUT2D eigenvalue weighted by atomic mass is 79.9. The van der Waals surface area contributed by atoms with Gasteiger partial charge >= 0.3 is 0 Å². The van der Waals surface area contributed by atoms with Crippen molar-refractivity contribution in [1.82, 2.24) is 9.97 Å². The molecule has 0 atom stereocenters. The first-order valence-electron chi connectivity index (χ1n) is 8.87. The molecular weight excluding hydrogens is 450 g/mol. The van der Waals surface area contributed by atoms with E-state index in [9.17, 15) is 5.26 Å². The average Bonchev–Trinajstić information content (AvgIpc) is 3.16. The van der Waals surface area contributed by atoms with Gasteiger partial charge in [0.25, 0.3) is 0 Å². The van der Waals surface area contributed by atoms with Crippen molar-refractivity contribution in [2.75, 3.05) is 0 Å². The molecule has 0 spiro atoms. The third kappa shape index (κ3) is 4.34. The molecule has 4 rings (SSSR count). The summed E-state index contributed by atoms with van der Waals surface area (Å²) >= 11 is 9.72. The van der Waals surface area contributed by atoms with Crippen molar-refractivity contribution in [3.63, 3.8) is 0 Å². The molecule has 4 aromatic rings. The van der Waals surface area contributed by atoms with Crippen LogP contribution in [0.3, 0.4) is 0 Å². The van der Waals surface area contributed by atoms with Crippen molar-refractivity contribution in [1.29, 1.82) is 5.26 Å². The Labute approximate surface area is 181 Å². The van der Waals surface area contributed by atoms with Gasteiger partial charge in [-0.05, 0) is 57.9 Å². The first kappa shape index (κ1) is 19.3. The number of aromatic nitrogens is 2. The minimum Gasteiger partial charge on any atom is -0.488 e. The smallest absolute Gasteiger partial charge is 0.149 e. The number of H-pyrrole nitrogens is 1. The number of hydrogen-bond donors (Lipinski definition) is 1. The van der Waals surface area contributed by atoms with Crippen LogP contribution in [0.15, 0.2) is 71.2 Å². The van der Waals surface area contributed by atoms with E-state index in [0.717, 1.165) is 26.6 Å². The van der Waals surface area contributed by atoms with Crippen molar-refractivity contribution >= 4 is 50.2 Å². The molecule has 0 aliphatic rings. The molecule has 4 nitrogen and oxygen atoms in total. The summed E-state index contributed by atoms with van der Waals surface area (Å²) in [6.45, 7) is 0.371. The number of halogens is 2. The fraction of sp³-hybridized carbons (Fsp3) is 0.0435. The summed E-state index contributed by atoms with van der Waals surface area (Å²) in [5.41, 5.74) is 3.96. The molecule has 0 unspecified atom stereocenters. The molecule has 6 heteroatoms. The first-order valence-corrected chi connectivity index (χ1v) is 10.0. The number of allylic oxidation sites excluding steroid dienone is 1. The van der Waals surface area contributed by atoms with Crippen LogP contribution in [0.5, 0.6) is 5.75 Å². The second-order valence-corrected chi connectivity index (χ2v) is 7.60. The fourth-order valence-corrected chi connectivity index (χ4v) is 3.60. The largest absolute Gasteiger partial charge is 0.488 e. The summed E-state index contributed by atoms with van der Waals surface area (Å²) in [4.78, 5) is 7.68. The minimum atomic E-state index is 0.371. The van der Waals surface area contributed by atoms with Crippen LogP contribution in [0.2, 0.25) is 5.02 Å². The van der Waals surface area contributed by atoms with Gasteiger partial charge in [-0.2, -0.15) is 5.26 Å². The zero-order valence-electron chi connectivity index (χ0n) is 15.2. The first-order chi connectivity index (χ1) is 14.1. The number of para-hydroxylation sites is 2. The second kappa shape index (κ2) is 8.52. The summed E-state index contributed by atoms with van der Waals surface area (Å²) in [7, 11) is 0. The van der Waals surface area contributed by atoms with E-state index in [-0.39, 0.29) is 0 Å². The molecule has 29 heavy (non-hydrogen) atoms. The second-order valence-electron chi connectivity index (χ2n) is 6.34. The van der Waals surface area contributed by atoms with Crippen molar-refractivity contribution in [2.24, 2.45) is 0 Å². The van der Waals surface area contributed by atoms with E-state index >= 15 is 0 Å². The monoisotopic (exact) mass is 463 g/mol. The Hall–Kier alpha value is -3.07. The van der Waals surface area contributed by atoms with E-state index in [0.29, 0.717) is 28.8 Å². The fourth-order valence-electron chi connectivity index (χ4n) is 2.90. The summed E-state index contributed by atoms with van der Waals surface area (Å²) in [5.74, 6) is 1.24. The van der Waals surface area contributed by atoms with Crippen LogP contribution in [0, 0.1) is 11.3 Å². The summed E-state index contributed by atoms with van der Waals surface area (Å²) in [5, 5.41) is 10.3. The number of nitriles is 1. The maximum atomic E-state index is 9.60. The van der Waals surface area contributed by atoms with Gasteiger partial charge in [0, 0.05) is 10.6 Å². The Morgan fingerprint density at radius 2 is 1.93 bits per heavy atom. The minimum absolute atomic E-state index is 0.371. The molecule has 1 heterocycles. The van der Waals surface area contributed by atoms with Crippen LogP contribution in [0.25, 0.3) is 22.7 Å². The predicted octanol–water partition coefficient (Wildman–Crippen LogP) is 6.62. The zero-order chi connectivity index (χ0) is 20.2. The lowest BCUT2D eigenvalue weighted by Crippen LogP contribution is -1.97. The summed E-state index contributed by atoms with van der Waals surface area (Å²) < 4.78 is 6.67. The van der Waals surface area contributed by atoms with Crippen molar-refractivity contribution in [2.45, 2.75) is 6.61 Å². The normalized spacial score (nSPS) is 11.4. The van der Waals surface area contributed by atoms with Gasteiger partial charge in [-0.15, -0.1) is 0 Å². The van der Waals surface area contributed by atoms with Crippen LogP contribution >= 0.6 is 27.5 Å². The van der Waals surface area contributed by atoms with Gasteiger partial charge in [-0.25, -0.2) is 4.98 Å². The molecule has 142 valence electrons. The Morgan fingerprint density at radius 3 is 2.69 bits per heavy atom. The van der Waals surface area contributed by atoms with Gasteiger partial charge in [0.2, 0.25) is 0 Å². The van der Waals surface area contributed by atoms with Crippen LogP contribution in [-0.2, 0) is 6.61 Å². The number of nitrogens with one attached hydrogen (secondary N) is 1. The summed E-state index contributed by atoms with van der Waals surface area (Å²) in [6, 6.07) is 23.2. The third-order valence-electron chi connectivity index (χ3n) is 4.37. The van der Waals surface area contributed by atoms with E-state index in [2.05, 4.69) is 32.0 Å². The van der Waals surface area contributed by atoms with Gasteiger partial charge in [-0.1, -0.05) is 48.0 Å². The zero-order valence-corrected chi connectivity index (χ0v) is 17.5. The third-order valence-corrected chi connectivity index (χ3v) is 5.36. The van der Waals surface area contributed by atoms with E-state index in [1.165, 1.54) is 0 Å². The standard InChI is InChI=1S/C23H15BrClN3O/c24-18-12-15(9-10-22(18)29-14-16-5-1-2-6-19(16)25)11-17(13-26)23-27-20-7-3-4-8-21(20)28-23/h1-12H,14H2,(H,27,28)/b17-11+. The van der Waals surface area contributed by atoms with Gasteiger partial charge < -0.3 is 9.72 Å². The number of benzene rings is 3. The van der Waals surface area contributed by atoms with Crippen LogP contribution in [0.4, 0.5) is 0 Å². The maximum Gasteiger partial charge on any atom is 0.149 e. The molecule has 1 N–H and O–H groups in total. The van der Waals surface area contributed by atoms with E-state index < -0.39 is 0 Å². The number of hydrogen-bond acceptors (Lipinski definition) is 3. The Kier molecular flexibility index (Phi) is 5.66. The van der Waals surface area contributed by atoms with Gasteiger partial charge in [0.15, 0.2) is 0 Å². The average molecular weight is 465 g/mol. The molecule has 0 aliphatic heterocycles. The SMILES string of the molecule is N#C/C(=C\c1ccc(OCc2ccccc2Cl)c(Br)c1)c1nc2ccccc2[nH]1. The molecular formula is C23H15BrClN3O. The van der Waals surface area contributed by atoms with E-state index in [1.807, 2.05) is 66.7 Å². The molecule has 0 bridgehead atoms. The number of fused-ring (bicyclic) bond motifs is 1. The quantitative estimate of drug-likeness (QED) is 0.337. The van der Waals surface area contributed by atoms with Crippen LogP contribution in [0.1, 0.15) is 17.0 Å². The topological polar surface area (TPSA) is 61.7 Å². The number of aromatic amines is 1. The molecule has 0 aliphatic carbocycles. The highest BCUT2D eigenvalue weighted by Gasteiger charge is 2.09. The Morgan fingerprint density at radius 1 is 1.14 bits per heavy atom. The van der Waals surface area contributed by atoms with Crippen molar-refractivity contribution in [3.8, 4) is 11.8 Å². The van der Waals surface area contributed by atoms with Gasteiger partial charge in [0.05, 0.1) is 21.1 Å². The number of ether oxygens (including phenoxy) is 1. The molecule has 0 radical (unpaired) electrons. The number of imidazole rings is 1. The molecule has 0 saturated heterocycles. The Bertz CT molecular complexity index is 1220. The lowest BCUT2D eigenvalue weighted by atomic mass is 10.1.